The maximum absolute atomic E-state index is 8.56. The first kappa shape index (κ1) is 10.7. The Bertz CT molecular complexity index is 155. The first-order valence-corrected chi connectivity index (χ1v) is 3.78. The molecule has 0 atom stereocenters. The number of nitrogens with zero attached hydrogens (tertiary/aromatic N) is 1. The summed E-state index contributed by atoms with van der Waals surface area (Å²) >= 11 is 0. The van der Waals surface area contributed by atoms with Crippen LogP contribution in [-0.2, 0) is 0 Å². The average molecular weight is 175 g/mol. The SMILES string of the molecule is O=C(O)O.ON=C1CCCCC1. The molecule has 0 heterocycles. The lowest BCUT2D eigenvalue weighted by Gasteiger charge is -2.08. The summed E-state index contributed by atoms with van der Waals surface area (Å²) in [6.07, 6.45) is 3.91. The van der Waals surface area contributed by atoms with Gasteiger partial charge in [-0.3, -0.25) is 0 Å². The Morgan fingerprint density at radius 3 is 1.83 bits per heavy atom. The molecule has 1 fully saturated rings. The lowest BCUT2D eigenvalue weighted by Crippen LogP contribution is -2.03. The largest absolute Gasteiger partial charge is 0.503 e. The molecular formula is C7H13NO4. The van der Waals surface area contributed by atoms with E-state index < -0.39 is 6.16 Å². The van der Waals surface area contributed by atoms with Gasteiger partial charge in [0.15, 0.2) is 0 Å². The maximum Gasteiger partial charge on any atom is 0.503 e. The molecule has 0 aromatic heterocycles. The van der Waals surface area contributed by atoms with E-state index in [0.29, 0.717) is 0 Å². The minimum absolute atomic E-state index is 0.983. The van der Waals surface area contributed by atoms with Crippen molar-refractivity contribution in [3.05, 3.63) is 0 Å². The number of carbonyl (C=O) groups is 1. The summed E-state index contributed by atoms with van der Waals surface area (Å²) in [5.74, 6) is 0. The number of hydrogen-bond donors (Lipinski definition) is 3. The molecule has 0 bridgehead atoms. The second-order valence-electron chi connectivity index (χ2n) is 2.51. The van der Waals surface area contributed by atoms with E-state index in [1.165, 1.54) is 19.3 Å². The van der Waals surface area contributed by atoms with Crippen LogP contribution in [0.1, 0.15) is 32.1 Å². The third-order valence-electron chi connectivity index (χ3n) is 1.57. The standard InChI is InChI=1S/C6H11NO.CH2O3/c8-7-6-4-2-1-3-5-6;2-1(3)4/h8H,1-5H2;(H2,2,3,4). The number of rotatable bonds is 0. The van der Waals surface area contributed by atoms with E-state index in [1.54, 1.807) is 0 Å². The van der Waals surface area contributed by atoms with Crippen molar-refractivity contribution >= 4 is 11.9 Å². The molecule has 0 saturated heterocycles. The van der Waals surface area contributed by atoms with Crippen LogP contribution in [-0.4, -0.2) is 27.3 Å². The number of hydrogen-bond acceptors (Lipinski definition) is 3. The third kappa shape index (κ3) is 6.85. The van der Waals surface area contributed by atoms with Gasteiger partial charge >= 0.3 is 6.16 Å². The molecule has 1 saturated carbocycles. The van der Waals surface area contributed by atoms with Crippen LogP contribution in [0.2, 0.25) is 0 Å². The second kappa shape index (κ2) is 6.45. The molecule has 0 unspecified atom stereocenters. The molecule has 1 aliphatic carbocycles. The Morgan fingerprint density at radius 1 is 1.17 bits per heavy atom. The highest BCUT2D eigenvalue weighted by atomic mass is 16.6. The summed E-state index contributed by atoms with van der Waals surface area (Å²) in [6.45, 7) is 0. The molecule has 0 amide bonds. The van der Waals surface area contributed by atoms with Crippen LogP contribution in [0.4, 0.5) is 4.79 Å². The van der Waals surface area contributed by atoms with Gasteiger partial charge in [0, 0.05) is 0 Å². The van der Waals surface area contributed by atoms with Gasteiger partial charge in [0.2, 0.25) is 0 Å². The van der Waals surface area contributed by atoms with E-state index in [-0.39, 0.29) is 0 Å². The average Bonchev–Trinajstić information content (AvgIpc) is 2.05. The highest BCUT2D eigenvalue weighted by molar-refractivity contribution is 5.84. The highest BCUT2D eigenvalue weighted by Gasteiger charge is 2.05. The van der Waals surface area contributed by atoms with Crippen molar-refractivity contribution in [1.82, 2.24) is 0 Å². The van der Waals surface area contributed by atoms with Crippen LogP contribution in [0.25, 0.3) is 0 Å². The molecule has 1 rings (SSSR count). The fourth-order valence-corrected chi connectivity index (χ4v) is 1.06. The van der Waals surface area contributed by atoms with Crippen LogP contribution >= 0.6 is 0 Å². The van der Waals surface area contributed by atoms with Crippen molar-refractivity contribution in [2.45, 2.75) is 32.1 Å². The topological polar surface area (TPSA) is 90.1 Å². The van der Waals surface area contributed by atoms with Crippen molar-refractivity contribution in [3.8, 4) is 0 Å². The zero-order valence-electron chi connectivity index (χ0n) is 6.73. The molecule has 0 aromatic rings. The monoisotopic (exact) mass is 175 g/mol. The summed E-state index contributed by atoms with van der Waals surface area (Å²) in [4.78, 5) is 8.56. The maximum atomic E-state index is 8.56. The summed E-state index contributed by atoms with van der Waals surface area (Å²) in [5.41, 5.74) is 0.983. The predicted octanol–water partition coefficient (Wildman–Crippen LogP) is 2.00. The van der Waals surface area contributed by atoms with Gasteiger partial charge in [-0.05, 0) is 25.7 Å². The highest BCUT2D eigenvalue weighted by Crippen LogP contribution is 2.13. The van der Waals surface area contributed by atoms with Gasteiger partial charge in [0.05, 0.1) is 5.71 Å². The van der Waals surface area contributed by atoms with E-state index in [9.17, 15) is 0 Å². The van der Waals surface area contributed by atoms with E-state index in [0.717, 1.165) is 18.6 Å². The summed E-state index contributed by atoms with van der Waals surface area (Å²) in [7, 11) is 0. The van der Waals surface area contributed by atoms with Gasteiger partial charge in [-0.25, -0.2) is 4.79 Å². The molecule has 70 valence electrons. The van der Waals surface area contributed by atoms with Gasteiger partial charge in [-0.15, -0.1) is 0 Å². The molecule has 0 spiro atoms. The molecule has 0 radical (unpaired) electrons. The van der Waals surface area contributed by atoms with Crippen molar-refractivity contribution in [2.24, 2.45) is 5.16 Å². The van der Waals surface area contributed by atoms with Gasteiger partial charge in [0.25, 0.3) is 0 Å². The Morgan fingerprint density at radius 2 is 1.58 bits per heavy atom. The Labute approximate surface area is 70.3 Å². The van der Waals surface area contributed by atoms with Gasteiger partial charge in [0.1, 0.15) is 0 Å². The Kier molecular flexibility index (Phi) is 5.77. The number of carboxylic acid groups (broad SMARTS) is 2. The van der Waals surface area contributed by atoms with E-state index in [4.69, 9.17) is 20.2 Å². The van der Waals surface area contributed by atoms with Crippen LogP contribution in [0.3, 0.4) is 0 Å². The summed E-state index contributed by atoms with van der Waals surface area (Å²) < 4.78 is 0. The summed E-state index contributed by atoms with van der Waals surface area (Å²) in [5, 5.41) is 25.4. The molecule has 5 heteroatoms. The van der Waals surface area contributed by atoms with Crippen LogP contribution in [0, 0.1) is 0 Å². The second-order valence-corrected chi connectivity index (χ2v) is 2.51. The lowest BCUT2D eigenvalue weighted by molar-refractivity contribution is 0.137. The first-order valence-electron chi connectivity index (χ1n) is 3.78. The Hall–Kier alpha value is -1.26. The Balaban J connectivity index is 0.000000261. The van der Waals surface area contributed by atoms with Crippen LogP contribution in [0.5, 0.6) is 0 Å². The van der Waals surface area contributed by atoms with Crippen molar-refractivity contribution in [1.29, 1.82) is 0 Å². The van der Waals surface area contributed by atoms with E-state index in [1.807, 2.05) is 0 Å². The van der Waals surface area contributed by atoms with Crippen molar-refractivity contribution in [2.75, 3.05) is 0 Å². The quantitative estimate of drug-likeness (QED) is 0.388. The fourth-order valence-electron chi connectivity index (χ4n) is 1.06. The fraction of sp³-hybridized carbons (Fsp3) is 0.714. The molecule has 1 aliphatic rings. The first-order chi connectivity index (χ1) is 5.66. The number of oxime groups is 1. The minimum atomic E-state index is -1.83. The molecule has 0 aliphatic heterocycles. The van der Waals surface area contributed by atoms with Crippen LogP contribution < -0.4 is 0 Å². The van der Waals surface area contributed by atoms with E-state index >= 15 is 0 Å². The van der Waals surface area contributed by atoms with Gasteiger partial charge < -0.3 is 15.4 Å². The lowest BCUT2D eigenvalue weighted by atomic mass is 9.99. The third-order valence-corrected chi connectivity index (χ3v) is 1.57. The molecule has 3 N–H and O–H groups in total. The molecule has 0 aromatic carbocycles. The zero-order valence-corrected chi connectivity index (χ0v) is 6.73. The smallest absolute Gasteiger partial charge is 0.450 e. The normalized spacial score (nSPS) is 15.8. The molecule has 5 nitrogen and oxygen atoms in total. The van der Waals surface area contributed by atoms with E-state index in [2.05, 4.69) is 5.16 Å². The zero-order chi connectivity index (χ0) is 9.40. The minimum Gasteiger partial charge on any atom is -0.450 e. The van der Waals surface area contributed by atoms with Gasteiger partial charge in [-0.1, -0.05) is 11.6 Å². The van der Waals surface area contributed by atoms with Crippen LogP contribution in [0.15, 0.2) is 5.16 Å². The molecular weight excluding hydrogens is 162 g/mol. The predicted molar refractivity (Wildman–Crippen MR) is 43.0 cm³/mol. The van der Waals surface area contributed by atoms with Crippen molar-refractivity contribution < 1.29 is 20.2 Å². The molecule has 12 heavy (non-hydrogen) atoms. The van der Waals surface area contributed by atoms with Gasteiger partial charge in [-0.2, -0.15) is 0 Å². The van der Waals surface area contributed by atoms with Crippen molar-refractivity contribution in [3.63, 3.8) is 0 Å². The summed E-state index contributed by atoms with van der Waals surface area (Å²) in [6, 6.07) is 0.